The number of carbonyl (C=O) groups is 1. The Hall–Kier alpha value is -1.77. The van der Waals surface area contributed by atoms with Crippen LogP contribution < -0.4 is 0 Å². The van der Waals surface area contributed by atoms with E-state index in [2.05, 4.69) is 4.98 Å². The quantitative estimate of drug-likeness (QED) is 0.806. The molecule has 2 aromatic rings. The molecule has 0 bridgehead atoms. The highest BCUT2D eigenvalue weighted by Crippen LogP contribution is 2.20. The molecule has 0 spiro atoms. The summed E-state index contributed by atoms with van der Waals surface area (Å²) in [6.07, 6.45) is 3.33. The number of esters is 1. The Morgan fingerprint density at radius 3 is 2.71 bits per heavy atom. The highest BCUT2D eigenvalue weighted by Gasteiger charge is 2.18. The molecular weight excluding hydrogens is 214 g/mol. The molecule has 0 atom stereocenters. The van der Waals surface area contributed by atoms with Gasteiger partial charge in [-0.2, -0.15) is 0 Å². The van der Waals surface area contributed by atoms with Gasteiger partial charge in [0.05, 0.1) is 0 Å². The molecule has 1 N–H and O–H groups in total. The number of hydrogen-bond acceptors (Lipinski definition) is 2. The average molecular weight is 230 g/mol. The maximum atomic E-state index is 11.7. The van der Waals surface area contributed by atoms with Crippen molar-refractivity contribution in [2.24, 2.45) is 0 Å². The summed E-state index contributed by atoms with van der Waals surface area (Å²) < 4.78 is 5.25. The van der Waals surface area contributed by atoms with Crippen LogP contribution in [0.5, 0.6) is 0 Å². The molecule has 0 fully saturated rings. The van der Waals surface area contributed by atoms with Crippen LogP contribution >= 0.6 is 0 Å². The van der Waals surface area contributed by atoms with Gasteiger partial charge in [0.1, 0.15) is 12.0 Å². The molecule has 3 nitrogen and oxygen atoms in total. The Balaban J connectivity index is 2.16. The lowest BCUT2D eigenvalue weighted by Crippen LogP contribution is -2.24. The second-order valence-corrected chi connectivity index (χ2v) is 4.97. The van der Waals surface area contributed by atoms with Crippen LogP contribution in [-0.4, -0.2) is 16.6 Å². The molecule has 1 radical (unpaired) electrons. The second kappa shape index (κ2) is 4.24. The number of benzene rings is 1. The number of nitrogens with one attached hydrogen (secondary N) is 1. The Labute approximate surface area is 101 Å². The molecule has 3 heteroatoms. The van der Waals surface area contributed by atoms with Gasteiger partial charge in [0, 0.05) is 17.1 Å². The van der Waals surface area contributed by atoms with Crippen molar-refractivity contribution in [3.8, 4) is 0 Å². The van der Waals surface area contributed by atoms with Crippen LogP contribution in [0.25, 0.3) is 10.9 Å². The summed E-state index contributed by atoms with van der Waals surface area (Å²) in [5.74, 6) is -0.317. The molecule has 0 aliphatic rings. The minimum absolute atomic E-state index is 0.317. The van der Waals surface area contributed by atoms with Crippen LogP contribution in [0.4, 0.5) is 0 Å². The predicted octanol–water partition coefficient (Wildman–Crippen LogP) is 3.06. The zero-order valence-electron chi connectivity index (χ0n) is 10.3. The zero-order chi connectivity index (χ0) is 12.5. The summed E-state index contributed by atoms with van der Waals surface area (Å²) >= 11 is 0. The Kier molecular flexibility index (Phi) is 2.92. The van der Waals surface area contributed by atoms with Crippen molar-refractivity contribution in [3.63, 3.8) is 0 Å². The van der Waals surface area contributed by atoms with E-state index in [-0.39, 0.29) is 5.97 Å². The summed E-state index contributed by atoms with van der Waals surface area (Å²) in [5.41, 5.74) is 1.41. The number of carbonyl (C=O) groups excluding carboxylic acids is 1. The fourth-order valence-electron chi connectivity index (χ4n) is 1.67. The smallest absolute Gasteiger partial charge is 0.315 e. The Morgan fingerprint density at radius 1 is 1.29 bits per heavy atom. The van der Waals surface area contributed by atoms with E-state index >= 15 is 0 Å². The molecule has 0 unspecified atom stereocenters. The lowest BCUT2D eigenvalue weighted by atomic mass is 10.1. The van der Waals surface area contributed by atoms with Crippen LogP contribution in [-0.2, 0) is 9.53 Å². The van der Waals surface area contributed by atoms with Gasteiger partial charge in [0.25, 0.3) is 0 Å². The van der Waals surface area contributed by atoms with E-state index in [1.165, 1.54) is 6.42 Å². The van der Waals surface area contributed by atoms with Crippen LogP contribution in [0.15, 0.2) is 30.5 Å². The van der Waals surface area contributed by atoms with Crippen LogP contribution in [0.2, 0.25) is 0 Å². The molecule has 0 amide bonds. The van der Waals surface area contributed by atoms with Crippen LogP contribution in [0.1, 0.15) is 26.3 Å². The van der Waals surface area contributed by atoms with Crippen molar-refractivity contribution in [1.29, 1.82) is 0 Å². The van der Waals surface area contributed by atoms with Crippen LogP contribution in [0, 0.1) is 6.42 Å². The van der Waals surface area contributed by atoms with E-state index in [0.29, 0.717) is 0 Å². The fourth-order valence-corrected chi connectivity index (χ4v) is 1.67. The summed E-state index contributed by atoms with van der Waals surface area (Å²) in [4.78, 5) is 14.8. The average Bonchev–Trinajstić information content (AvgIpc) is 2.59. The highest BCUT2D eigenvalue weighted by atomic mass is 16.6. The number of para-hydroxylation sites is 1. The van der Waals surface area contributed by atoms with E-state index in [0.717, 1.165) is 16.5 Å². The maximum Gasteiger partial charge on any atom is 0.315 e. The highest BCUT2D eigenvalue weighted by molar-refractivity contribution is 5.93. The van der Waals surface area contributed by atoms with Gasteiger partial charge in [-0.1, -0.05) is 18.2 Å². The molecular formula is C14H16NO2. The summed E-state index contributed by atoms with van der Waals surface area (Å²) in [6.45, 7) is 5.57. The molecule has 0 saturated carbocycles. The molecule has 1 aromatic heterocycles. The van der Waals surface area contributed by atoms with Crippen molar-refractivity contribution in [3.05, 3.63) is 42.4 Å². The van der Waals surface area contributed by atoms with Gasteiger partial charge in [-0.05, 0) is 32.4 Å². The van der Waals surface area contributed by atoms with Gasteiger partial charge in [0.2, 0.25) is 0 Å². The zero-order valence-corrected chi connectivity index (χ0v) is 10.3. The fraction of sp³-hybridized carbons (Fsp3) is 0.286. The third kappa shape index (κ3) is 2.87. The van der Waals surface area contributed by atoms with E-state index in [1.807, 2.05) is 51.2 Å². The molecule has 0 aliphatic carbocycles. The van der Waals surface area contributed by atoms with Gasteiger partial charge >= 0.3 is 5.97 Å². The summed E-state index contributed by atoms with van der Waals surface area (Å²) in [7, 11) is 0. The van der Waals surface area contributed by atoms with Gasteiger partial charge in [-0.3, -0.25) is 4.79 Å². The van der Waals surface area contributed by atoms with Crippen molar-refractivity contribution in [2.75, 3.05) is 0 Å². The summed E-state index contributed by atoms with van der Waals surface area (Å²) in [6, 6.07) is 7.85. The second-order valence-electron chi connectivity index (χ2n) is 4.97. The van der Waals surface area contributed by atoms with Crippen molar-refractivity contribution >= 4 is 16.9 Å². The van der Waals surface area contributed by atoms with Crippen molar-refractivity contribution < 1.29 is 9.53 Å². The number of aromatic amines is 1. The number of ether oxygens (including phenoxy) is 1. The summed E-state index contributed by atoms with van der Waals surface area (Å²) in [5, 5.41) is 1.03. The first-order chi connectivity index (χ1) is 7.96. The first kappa shape index (κ1) is 11.7. The maximum absolute atomic E-state index is 11.7. The normalized spacial score (nSPS) is 11.7. The SMILES string of the molecule is CC(C)(C)OC(=O)[CH]c1c[nH]c2ccccc12. The lowest BCUT2D eigenvalue weighted by molar-refractivity contribution is -0.149. The largest absolute Gasteiger partial charge is 0.459 e. The van der Waals surface area contributed by atoms with E-state index in [9.17, 15) is 4.79 Å². The number of H-pyrrole nitrogens is 1. The molecule has 1 aromatic carbocycles. The predicted molar refractivity (Wildman–Crippen MR) is 67.5 cm³/mol. The third-order valence-corrected chi connectivity index (χ3v) is 2.30. The molecule has 17 heavy (non-hydrogen) atoms. The number of hydrogen-bond donors (Lipinski definition) is 1. The number of aromatic nitrogens is 1. The topological polar surface area (TPSA) is 42.1 Å². The van der Waals surface area contributed by atoms with Gasteiger partial charge in [0.15, 0.2) is 0 Å². The monoisotopic (exact) mass is 230 g/mol. The first-order valence-corrected chi connectivity index (χ1v) is 5.59. The first-order valence-electron chi connectivity index (χ1n) is 5.59. The lowest BCUT2D eigenvalue weighted by Gasteiger charge is -2.19. The third-order valence-electron chi connectivity index (χ3n) is 2.30. The molecule has 89 valence electrons. The molecule has 1 heterocycles. The number of fused-ring (bicyclic) bond motifs is 1. The minimum Gasteiger partial charge on any atom is -0.459 e. The number of rotatable bonds is 2. The Bertz CT molecular complexity index is 534. The molecule has 0 aliphatic heterocycles. The van der Waals surface area contributed by atoms with Crippen molar-refractivity contribution in [2.45, 2.75) is 26.4 Å². The minimum atomic E-state index is -0.459. The van der Waals surface area contributed by atoms with Gasteiger partial charge in [-0.25, -0.2) is 0 Å². The molecule has 2 rings (SSSR count). The molecule has 0 saturated heterocycles. The van der Waals surface area contributed by atoms with Gasteiger partial charge in [-0.15, -0.1) is 0 Å². The van der Waals surface area contributed by atoms with E-state index in [4.69, 9.17) is 4.74 Å². The van der Waals surface area contributed by atoms with Crippen molar-refractivity contribution in [1.82, 2.24) is 4.98 Å². The Morgan fingerprint density at radius 2 is 2.00 bits per heavy atom. The standard InChI is InChI=1S/C14H16NO2/c1-14(2,3)17-13(16)8-10-9-15-12-7-5-4-6-11(10)12/h4-9,15H,1-3H3. The van der Waals surface area contributed by atoms with E-state index < -0.39 is 5.60 Å². The van der Waals surface area contributed by atoms with E-state index in [1.54, 1.807) is 0 Å². The van der Waals surface area contributed by atoms with Crippen LogP contribution in [0.3, 0.4) is 0 Å². The van der Waals surface area contributed by atoms with Gasteiger partial charge < -0.3 is 9.72 Å².